The maximum Gasteiger partial charge on any atom is 0.141 e. The zero-order valence-electron chi connectivity index (χ0n) is 11.0. The van der Waals surface area contributed by atoms with Crippen molar-refractivity contribution >= 4 is 22.4 Å². The first-order valence-electron chi connectivity index (χ1n) is 6.28. The molecule has 0 radical (unpaired) electrons. The number of aromatic nitrogens is 2. The normalized spacial score (nSPS) is 10.6. The molecule has 3 nitrogen and oxygen atoms in total. The van der Waals surface area contributed by atoms with Gasteiger partial charge in [0.15, 0.2) is 0 Å². The maximum atomic E-state index is 4.33. The van der Waals surface area contributed by atoms with Crippen LogP contribution in [0.15, 0.2) is 48.8 Å². The average Bonchev–Trinajstić information content (AvgIpc) is 2.43. The molecular weight excluding hydrogens is 234 g/mol. The molecule has 1 N–H and O–H groups in total. The molecule has 2 aromatic carbocycles. The molecule has 0 spiro atoms. The van der Waals surface area contributed by atoms with Crippen LogP contribution in [0, 0.1) is 13.8 Å². The molecule has 0 amide bonds. The fraction of sp³-hybridized carbons (Fsp3) is 0.125. The number of hydrogen-bond acceptors (Lipinski definition) is 3. The summed E-state index contributed by atoms with van der Waals surface area (Å²) in [6, 6.07) is 14.3. The minimum Gasteiger partial charge on any atom is -0.340 e. The van der Waals surface area contributed by atoms with E-state index in [-0.39, 0.29) is 0 Å². The third-order valence-corrected chi connectivity index (χ3v) is 3.31. The van der Waals surface area contributed by atoms with E-state index in [2.05, 4.69) is 47.3 Å². The molecule has 3 rings (SSSR count). The highest BCUT2D eigenvalue weighted by Gasteiger charge is 2.03. The third kappa shape index (κ3) is 2.27. The number of rotatable bonds is 2. The molecule has 3 heteroatoms. The lowest BCUT2D eigenvalue weighted by molar-refractivity contribution is 1.22. The van der Waals surface area contributed by atoms with Crippen molar-refractivity contribution in [3.8, 4) is 0 Å². The summed E-state index contributed by atoms with van der Waals surface area (Å²) in [4.78, 5) is 8.60. The van der Waals surface area contributed by atoms with E-state index in [1.165, 1.54) is 11.1 Å². The Morgan fingerprint density at radius 3 is 2.58 bits per heavy atom. The molecule has 94 valence electrons. The summed E-state index contributed by atoms with van der Waals surface area (Å²) < 4.78 is 0. The Morgan fingerprint density at radius 2 is 1.74 bits per heavy atom. The van der Waals surface area contributed by atoms with Gasteiger partial charge in [-0.1, -0.05) is 18.2 Å². The van der Waals surface area contributed by atoms with E-state index in [1.807, 2.05) is 24.3 Å². The van der Waals surface area contributed by atoms with Crippen molar-refractivity contribution in [2.45, 2.75) is 13.8 Å². The summed E-state index contributed by atoms with van der Waals surface area (Å²) in [5.74, 6) is 0.842. The molecule has 0 bridgehead atoms. The molecule has 0 aliphatic carbocycles. The third-order valence-electron chi connectivity index (χ3n) is 3.31. The lowest BCUT2D eigenvalue weighted by atomic mass is 10.1. The van der Waals surface area contributed by atoms with Crippen LogP contribution in [-0.4, -0.2) is 9.97 Å². The molecule has 0 aliphatic heterocycles. The second-order valence-electron chi connectivity index (χ2n) is 4.66. The van der Waals surface area contributed by atoms with Gasteiger partial charge in [-0.25, -0.2) is 9.97 Å². The van der Waals surface area contributed by atoms with E-state index < -0.39 is 0 Å². The van der Waals surface area contributed by atoms with Gasteiger partial charge in [0.1, 0.15) is 12.1 Å². The summed E-state index contributed by atoms with van der Waals surface area (Å²) in [5.41, 5.74) is 4.55. The summed E-state index contributed by atoms with van der Waals surface area (Å²) in [5, 5.41) is 4.39. The first-order chi connectivity index (χ1) is 9.24. The van der Waals surface area contributed by atoms with Crippen molar-refractivity contribution in [3.63, 3.8) is 0 Å². The number of aryl methyl sites for hydroxylation is 2. The smallest absolute Gasteiger partial charge is 0.141 e. The number of fused-ring (bicyclic) bond motifs is 1. The molecule has 0 aliphatic rings. The van der Waals surface area contributed by atoms with Crippen molar-refractivity contribution in [3.05, 3.63) is 59.9 Å². The Labute approximate surface area is 112 Å². The minimum atomic E-state index is 0.842. The zero-order valence-corrected chi connectivity index (χ0v) is 11.0. The quantitative estimate of drug-likeness (QED) is 0.746. The Balaban J connectivity index is 2.03. The minimum absolute atomic E-state index is 0.842. The van der Waals surface area contributed by atoms with Crippen LogP contribution in [0.2, 0.25) is 0 Å². The first-order valence-corrected chi connectivity index (χ1v) is 6.28. The Kier molecular flexibility index (Phi) is 2.88. The van der Waals surface area contributed by atoms with Crippen molar-refractivity contribution in [2.24, 2.45) is 0 Å². The summed E-state index contributed by atoms with van der Waals surface area (Å²) in [6.07, 6.45) is 1.59. The van der Waals surface area contributed by atoms with E-state index in [9.17, 15) is 0 Å². The molecule has 1 aromatic heterocycles. The summed E-state index contributed by atoms with van der Waals surface area (Å²) in [7, 11) is 0. The molecular formula is C16H15N3. The van der Waals surface area contributed by atoms with Crippen LogP contribution in [0.4, 0.5) is 11.5 Å². The van der Waals surface area contributed by atoms with Crippen molar-refractivity contribution in [1.29, 1.82) is 0 Å². The highest BCUT2D eigenvalue weighted by molar-refractivity contribution is 5.90. The number of nitrogens with one attached hydrogen (secondary N) is 1. The predicted molar refractivity (Wildman–Crippen MR) is 78.7 cm³/mol. The average molecular weight is 249 g/mol. The predicted octanol–water partition coefficient (Wildman–Crippen LogP) is 3.99. The van der Waals surface area contributed by atoms with Gasteiger partial charge in [-0.05, 0) is 49.2 Å². The molecule has 1 heterocycles. The van der Waals surface area contributed by atoms with Gasteiger partial charge in [0.05, 0.1) is 5.52 Å². The second-order valence-corrected chi connectivity index (χ2v) is 4.66. The molecule has 3 aromatic rings. The molecule has 19 heavy (non-hydrogen) atoms. The Morgan fingerprint density at radius 1 is 0.895 bits per heavy atom. The Bertz CT molecular complexity index is 730. The van der Waals surface area contributed by atoms with E-state index in [0.717, 1.165) is 22.4 Å². The number of anilines is 2. The molecule has 0 unspecified atom stereocenters. The standard InChI is InChI=1S/C16H15N3/c1-11-7-8-13(9-12(11)2)19-16-14-5-3-4-6-15(14)17-10-18-16/h3-10H,1-2H3,(H,17,18,19). The molecule has 0 atom stereocenters. The van der Waals surface area contributed by atoms with Crippen LogP contribution in [0.3, 0.4) is 0 Å². The SMILES string of the molecule is Cc1ccc(Nc2ncnc3ccccc23)cc1C. The van der Waals surface area contributed by atoms with Crippen LogP contribution in [0.5, 0.6) is 0 Å². The van der Waals surface area contributed by atoms with Gasteiger partial charge in [0, 0.05) is 11.1 Å². The van der Waals surface area contributed by atoms with Crippen molar-refractivity contribution in [1.82, 2.24) is 9.97 Å². The van der Waals surface area contributed by atoms with E-state index >= 15 is 0 Å². The lowest BCUT2D eigenvalue weighted by Crippen LogP contribution is -1.96. The van der Waals surface area contributed by atoms with Crippen LogP contribution < -0.4 is 5.32 Å². The van der Waals surface area contributed by atoms with Crippen LogP contribution in [0.1, 0.15) is 11.1 Å². The van der Waals surface area contributed by atoms with Gasteiger partial charge in [-0.2, -0.15) is 0 Å². The molecule has 0 saturated carbocycles. The fourth-order valence-electron chi connectivity index (χ4n) is 2.06. The zero-order chi connectivity index (χ0) is 13.2. The van der Waals surface area contributed by atoms with Gasteiger partial charge >= 0.3 is 0 Å². The van der Waals surface area contributed by atoms with E-state index in [4.69, 9.17) is 0 Å². The summed E-state index contributed by atoms with van der Waals surface area (Å²) >= 11 is 0. The van der Waals surface area contributed by atoms with Gasteiger partial charge in [-0.15, -0.1) is 0 Å². The fourth-order valence-corrected chi connectivity index (χ4v) is 2.06. The second kappa shape index (κ2) is 4.69. The number of para-hydroxylation sites is 1. The lowest BCUT2D eigenvalue weighted by Gasteiger charge is -2.09. The van der Waals surface area contributed by atoms with Crippen LogP contribution in [-0.2, 0) is 0 Å². The number of benzene rings is 2. The van der Waals surface area contributed by atoms with Gasteiger partial charge in [0.2, 0.25) is 0 Å². The van der Waals surface area contributed by atoms with Crippen molar-refractivity contribution < 1.29 is 0 Å². The first kappa shape index (κ1) is 11.7. The number of nitrogens with zero attached hydrogens (tertiary/aromatic N) is 2. The largest absolute Gasteiger partial charge is 0.340 e. The highest BCUT2D eigenvalue weighted by Crippen LogP contribution is 2.23. The topological polar surface area (TPSA) is 37.8 Å². The van der Waals surface area contributed by atoms with Crippen molar-refractivity contribution in [2.75, 3.05) is 5.32 Å². The van der Waals surface area contributed by atoms with E-state index in [1.54, 1.807) is 6.33 Å². The highest BCUT2D eigenvalue weighted by atomic mass is 15.0. The molecule has 0 saturated heterocycles. The van der Waals surface area contributed by atoms with Gasteiger partial charge in [-0.3, -0.25) is 0 Å². The van der Waals surface area contributed by atoms with Crippen LogP contribution >= 0.6 is 0 Å². The van der Waals surface area contributed by atoms with E-state index in [0.29, 0.717) is 0 Å². The maximum absolute atomic E-state index is 4.33. The molecule has 0 fully saturated rings. The Hall–Kier alpha value is -2.42. The van der Waals surface area contributed by atoms with Gasteiger partial charge in [0.25, 0.3) is 0 Å². The van der Waals surface area contributed by atoms with Crippen LogP contribution in [0.25, 0.3) is 10.9 Å². The number of hydrogen-bond donors (Lipinski definition) is 1. The summed E-state index contributed by atoms with van der Waals surface area (Å²) in [6.45, 7) is 4.22. The van der Waals surface area contributed by atoms with Gasteiger partial charge < -0.3 is 5.32 Å². The monoisotopic (exact) mass is 249 g/mol.